The van der Waals surface area contributed by atoms with Crippen molar-refractivity contribution in [2.24, 2.45) is 28.1 Å². The number of ether oxygens (including phenoxy) is 2. The quantitative estimate of drug-likeness (QED) is 0.553. The van der Waals surface area contributed by atoms with Crippen molar-refractivity contribution in [1.29, 1.82) is 0 Å². The van der Waals surface area contributed by atoms with E-state index in [0.717, 1.165) is 25.0 Å². The molecular formula is C23H36O2. The minimum Gasteiger partial charge on any atom is -0.350 e. The van der Waals surface area contributed by atoms with Crippen LogP contribution in [0.15, 0.2) is 24.3 Å². The largest absolute Gasteiger partial charge is 0.350 e. The lowest BCUT2D eigenvalue weighted by Gasteiger charge is -2.62. The molecule has 140 valence electrons. The lowest BCUT2D eigenvalue weighted by atomic mass is 9.45. The Bertz CT molecular complexity index is 579. The highest BCUT2D eigenvalue weighted by Crippen LogP contribution is 2.64. The van der Waals surface area contributed by atoms with Gasteiger partial charge in [0.1, 0.15) is 0 Å². The van der Waals surface area contributed by atoms with Gasteiger partial charge in [0.05, 0.1) is 13.2 Å². The van der Waals surface area contributed by atoms with Crippen molar-refractivity contribution in [2.75, 3.05) is 13.2 Å². The average Bonchev–Trinajstić information content (AvgIpc) is 2.57. The Hall–Kier alpha value is -0.600. The maximum atomic E-state index is 6.19. The smallest absolute Gasteiger partial charge is 0.162 e. The zero-order valence-corrected chi connectivity index (χ0v) is 16.7. The molecule has 0 N–H and O–H groups in total. The highest BCUT2D eigenvalue weighted by atomic mass is 16.7. The molecule has 1 spiro atoms. The van der Waals surface area contributed by atoms with E-state index < -0.39 is 5.79 Å². The Kier molecular flexibility index (Phi) is 4.05. The Morgan fingerprint density at radius 1 is 1.04 bits per heavy atom. The van der Waals surface area contributed by atoms with Gasteiger partial charge in [-0.05, 0) is 69.6 Å². The van der Waals surface area contributed by atoms with Crippen LogP contribution in [0.5, 0.6) is 0 Å². The van der Waals surface area contributed by atoms with Crippen molar-refractivity contribution in [2.45, 2.75) is 78.4 Å². The van der Waals surface area contributed by atoms with Crippen LogP contribution in [-0.2, 0) is 9.47 Å². The monoisotopic (exact) mass is 344 g/mol. The van der Waals surface area contributed by atoms with Gasteiger partial charge in [-0.3, -0.25) is 0 Å². The molecule has 3 aliphatic carbocycles. The Labute approximate surface area is 154 Å². The summed E-state index contributed by atoms with van der Waals surface area (Å²) in [6.45, 7) is 14.9. The predicted octanol–water partition coefficient (Wildman–Crippen LogP) is 5.88. The summed E-state index contributed by atoms with van der Waals surface area (Å²) >= 11 is 0. The SMILES string of the molecule is C=CC1(C)C=C2CCC3C4(CCCC3(C)C2CC1)COC(C)(C)OC4. The van der Waals surface area contributed by atoms with Gasteiger partial charge < -0.3 is 9.47 Å². The Morgan fingerprint density at radius 3 is 2.44 bits per heavy atom. The summed E-state index contributed by atoms with van der Waals surface area (Å²) in [5, 5.41) is 0. The molecule has 1 saturated heterocycles. The van der Waals surface area contributed by atoms with E-state index in [4.69, 9.17) is 9.47 Å². The van der Waals surface area contributed by atoms with Crippen LogP contribution in [0, 0.1) is 28.1 Å². The molecule has 1 aliphatic heterocycles. The molecule has 2 heteroatoms. The first-order valence-electron chi connectivity index (χ1n) is 10.4. The van der Waals surface area contributed by atoms with Gasteiger partial charge in [0.2, 0.25) is 0 Å². The summed E-state index contributed by atoms with van der Waals surface area (Å²) in [5.41, 5.74) is 2.59. The van der Waals surface area contributed by atoms with Crippen LogP contribution in [0.3, 0.4) is 0 Å². The first kappa shape index (κ1) is 17.8. The van der Waals surface area contributed by atoms with Crippen molar-refractivity contribution in [3.05, 3.63) is 24.3 Å². The van der Waals surface area contributed by atoms with Gasteiger partial charge in [-0.15, -0.1) is 6.58 Å². The van der Waals surface area contributed by atoms with E-state index in [2.05, 4.69) is 46.4 Å². The van der Waals surface area contributed by atoms with E-state index in [1.165, 1.54) is 44.9 Å². The zero-order valence-electron chi connectivity index (χ0n) is 16.7. The van der Waals surface area contributed by atoms with E-state index in [1.807, 2.05) is 0 Å². The molecule has 0 radical (unpaired) electrons. The third kappa shape index (κ3) is 2.75. The van der Waals surface area contributed by atoms with Crippen molar-refractivity contribution < 1.29 is 9.47 Å². The fourth-order valence-electron chi connectivity index (χ4n) is 6.69. The molecule has 1 heterocycles. The predicted molar refractivity (Wildman–Crippen MR) is 102 cm³/mol. The van der Waals surface area contributed by atoms with Crippen molar-refractivity contribution in [1.82, 2.24) is 0 Å². The zero-order chi connectivity index (χ0) is 17.9. The number of hydrogen-bond acceptors (Lipinski definition) is 2. The van der Waals surface area contributed by atoms with Crippen LogP contribution in [0.2, 0.25) is 0 Å². The van der Waals surface area contributed by atoms with E-state index in [-0.39, 0.29) is 10.8 Å². The normalized spacial score (nSPS) is 45.2. The summed E-state index contributed by atoms with van der Waals surface area (Å²) in [5.74, 6) is 1.08. The molecule has 25 heavy (non-hydrogen) atoms. The van der Waals surface area contributed by atoms with E-state index in [9.17, 15) is 0 Å². The van der Waals surface area contributed by atoms with Crippen LogP contribution in [-0.4, -0.2) is 19.0 Å². The van der Waals surface area contributed by atoms with Gasteiger partial charge in [0, 0.05) is 10.8 Å². The highest BCUT2D eigenvalue weighted by Gasteiger charge is 2.59. The van der Waals surface area contributed by atoms with Crippen LogP contribution in [0.1, 0.15) is 72.6 Å². The third-order valence-electron chi connectivity index (χ3n) is 8.26. The van der Waals surface area contributed by atoms with Crippen molar-refractivity contribution in [3.63, 3.8) is 0 Å². The molecule has 4 atom stereocenters. The second-order valence-electron chi connectivity index (χ2n) is 10.3. The summed E-state index contributed by atoms with van der Waals surface area (Å²) in [7, 11) is 0. The average molecular weight is 345 g/mol. The molecule has 0 aromatic rings. The molecule has 2 saturated carbocycles. The number of rotatable bonds is 1. The lowest BCUT2D eigenvalue weighted by Crippen LogP contribution is -2.59. The maximum absolute atomic E-state index is 6.19. The topological polar surface area (TPSA) is 18.5 Å². The second kappa shape index (κ2) is 5.70. The van der Waals surface area contributed by atoms with Gasteiger partial charge in [-0.1, -0.05) is 38.0 Å². The second-order valence-corrected chi connectivity index (χ2v) is 10.3. The fourth-order valence-corrected chi connectivity index (χ4v) is 6.69. The lowest BCUT2D eigenvalue weighted by molar-refractivity contribution is -0.310. The van der Waals surface area contributed by atoms with Gasteiger partial charge in [-0.25, -0.2) is 0 Å². The van der Waals surface area contributed by atoms with E-state index in [0.29, 0.717) is 5.41 Å². The molecular weight excluding hydrogens is 308 g/mol. The van der Waals surface area contributed by atoms with Gasteiger partial charge >= 0.3 is 0 Å². The summed E-state index contributed by atoms with van der Waals surface area (Å²) in [6, 6.07) is 0. The summed E-state index contributed by atoms with van der Waals surface area (Å²) < 4.78 is 12.4. The minimum atomic E-state index is -0.407. The first-order valence-corrected chi connectivity index (χ1v) is 10.4. The molecule has 0 aromatic heterocycles. The molecule has 4 rings (SSSR count). The molecule has 0 amide bonds. The first-order chi connectivity index (χ1) is 11.7. The molecule has 3 fully saturated rings. The van der Waals surface area contributed by atoms with Crippen LogP contribution < -0.4 is 0 Å². The van der Waals surface area contributed by atoms with Crippen molar-refractivity contribution >= 4 is 0 Å². The standard InChI is InChI=1S/C23H36O2/c1-6-21(4)13-10-18-17(14-21)8-9-19-22(18,5)11-7-12-23(19)15-24-20(2,3)25-16-23/h6,14,18-19H,1,7-13,15-16H2,2-5H3. The number of hydrogen-bond donors (Lipinski definition) is 0. The summed E-state index contributed by atoms with van der Waals surface area (Å²) in [6.07, 6.45) is 13.9. The van der Waals surface area contributed by atoms with Crippen molar-refractivity contribution in [3.8, 4) is 0 Å². The molecule has 0 aromatic carbocycles. The van der Waals surface area contributed by atoms with Crippen LogP contribution in [0.25, 0.3) is 0 Å². The highest BCUT2D eigenvalue weighted by molar-refractivity contribution is 5.26. The maximum Gasteiger partial charge on any atom is 0.162 e. The van der Waals surface area contributed by atoms with Crippen LogP contribution in [0.4, 0.5) is 0 Å². The fraction of sp³-hybridized carbons (Fsp3) is 0.826. The molecule has 2 nitrogen and oxygen atoms in total. The third-order valence-corrected chi connectivity index (χ3v) is 8.26. The van der Waals surface area contributed by atoms with E-state index in [1.54, 1.807) is 5.57 Å². The van der Waals surface area contributed by atoms with Gasteiger partial charge in [0.15, 0.2) is 5.79 Å². The Balaban J connectivity index is 1.64. The summed E-state index contributed by atoms with van der Waals surface area (Å²) in [4.78, 5) is 0. The Morgan fingerprint density at radius 2 is 1.76 bits per heavy atom. The van der Waals surface area contributed by atoms with Crippen LogP contribution >= 0.6 is 0 Å². The molecule has 4 unspecified atom stereocenters. The number of fused-ring (bicyclic) bond motifs is 4. The number of allylic oxidation sites excluding steroid dienone is 3. The van der Waals surface area contributed by atoms with Gasteiger partial charge in [-0.2, -0.15) is 0 Å². The minimum absolute atomic E-state index is 0.211. The molecule has 0 bridgehead atoms. The van der Waals surface area contributed by atoms with Gasteiger partial charge in [0.25, 0.3) is 0 Å². The molecule has 4 aliphatic rings. The van der Waals surface area contributed by atoms with E-state index >= 15 is 0 Å².